The lowest BCUT2D eigenvalue weighted by molar-refractivity contribution is -0.131. The second-order valence-electron chi connectivity index (χ2n) is 7.63. The topological polar surface area (TPSA) is 47.4 Å². The van der Waals surface area contributed by atoms with Gasteiger partial charge in [0.1, 0.15) is 5.75 Å². The Morgan fingerprint density at radius 2 is 1.83 bits per heavy atom. The molecule has 0 saturated heterocycles. The molecule has 0 spiro atoms. The molecule has 0 aliphatic rings. The quantitative estimate of drug-likeness (QED) is 0.564. The lowest BCUT2D eigenvalue weighted by Gasteiger charge is -2.21. The van der Waals surface area contributed by atoms with Crippen molar-refractivity contribution in [2.45, 2.75) is 46.6 Å². The predicted molar refractivity (Wildman–Crippen MR) is 116 cm³/mol. The maximum atomic E-state index is 12.5. The number of para-hydroxylation sites is 1. The predicted octanol–water partition coefficient (Wildman–Crippen LogP) is 5.08. The van der Waals surface area contributed by atoms with E-state index in [0.717, 1.165) is 28.3 Å². The Labute approximate surface area is 172 Å². The third kappa shape index (κ3) is 4.86. The van der Waals surface area contributed by atoms with Gasteiger partial charge in [-0.25, -0.2) is 4.68 Å². The third-order valence-electron chi connectivity index (χ3n) is 5.10. The van der Waals surface area contributed by atoms with Crippen LogP contribution in [-0.2, 0) is 11.2 Å². The Balaban J connectivity index is 1.97. The Bertz CT molecular complexity index is 977. The molecule has 1 amide bonds. The van der Waals surface area contributed by atoms with E-state index in [1.165, 1.54) is 0 Å². The number of nitrogens with zero attached hydrogens (tertiary/aromatic N) is 3. The first-order chi connectivity index (χ1) is 13.9. The van der Waals surface area contributed by atoms with Crippen molar-refractivity contribution < 1.29 is 9.53 Å². The SMILES string of the molecule is Cc1cccc(-n2nc(C)c(CCC(=O)N(C)C(C)C)c2Oc2ccccc2)c1. The highest BCUT2D eigenvalue weighted by atomic mass is 16.5. The molecule has 3 rings (SSSR count). The number of hydrogen-bond donors (Lipinski definition) is 0. The molecule has 0 N–H and O–H groups in total. The van der Waals surface area contributed by atoms with Gasteiger partial charge >= 0.3 is 0 Å². The number of benzene rings is 2. The summed E-state index contributed by atoms with van der Waals surface area (Å²) in [5.41, 5.74) is 3.92. The third-order valence-corrected chi connectivity index (χ3v) is 5.10. The summed E-state index contributed by atoms with van der Waals surface area (Å²) in [5, 5.41) is 4.74. The fraction of sp³-hybridized carbons (Fsp3) is 0.333. The van der Waals surface area contributed by atoms with E-state index in [1.54, 1.807) is 4.90 Å². The largest absolute Gasteiger partial charge is 0.439 e. The van der Waals surface area contributed by atoms with Crippen LogP contribution in [0.3, 0.4) is 0 Å². The molecule has 5 heteroatoms. The Hall–Kier alpha value is -3.08. The van der Waals surface area contributed by atoms with E-state index in [1.807, 2.05) is 75.0 Å². The first-order valence-electron chi connectivity index (χ1n) is 10.0. The van der Waals surface area contributed by atoms with Gasteiger partial charge in [-0.1, -0.05) is 30.3 Å². The Morgan fingerprint density at radius 3 is 2.48 bits per heavy atom. The summed E-state index contributed by atoms with van der Waals surface area (Å²) in [6, 6.07) is 18.0. The highest BCUT2D eigenvalue weighted by molar-refractivity contribution is 5.76. The van der Waals surface area contributed by atoms with E-state index < -0.39 is 0 Å². The second-order valence-corrected chi connectivity index (χ2v) is 7.63. The first-order valence-corrected chi connectivity index (χ1v) is 10.0. The summed E-state index contributed by atoms with van der Waals surface area (Å²) in [5.74, 6) is 1.53. The van der Waals surface area contributed by atoms with Crippen molar-refractivity contribution in [1.29, 1.82) is 0 Å². The molecule has 152 valence electrons. The van der Waals surface area contributed by atoms with Gasteiger partial charge in [0, 0.05) is 25.1 Å². The molecule has 0 bridgehead atoms. The van der Waals surface area contributed by atoms with Gasteiger partial charge in [0.25, 0.3) is 0 Å². The molecular weight excluding hydrogens is 362 g/mol. The van der Waals surface area contributed by atoms with Crippen LogP contribution < -0.4 is 4.74 Å². The van der Waals surface area contributed by atoms with Crippen molar-refractivity contribution in [2.75, 3.05) is 7.05 Å². The molecule has 0 unspecified atom stereocenters. The van der Waals surface area contributed by atoms with Crippen LogP contribution in [0.25, 0.3) is 5.69 Å². The molecule has 5 nitrogen and oxygen atoms in total. The van der Waals surface area contributed by atoms with Crippen LogP contribution in [0.4, 0.5) is 0 Å². The van der Waals surface area contributed by atoms with Gasteiger partial charge in [-0.3, -0.25) is 4.79 Å². The average molecular weight is 392 g/mol. The molecule has 29 heavy (non-hydrogen) atoms. The number of ether oxygens (including phenoxy) is 1. The minimum Gasteiger partial charge on any atom is -0.439 e. The molecule has 1 heterocycles. The standard InChI is InChI=1S/C24H29N3O2/c1-17(2)26(5)23(28)15-14-22-19(4)25-27(20-11-9-10-18(3)16-20)24(22)29-21-12-7-6-8-13-21/h6-13,16-17H,14-15H2,1-5H3. The van der Waals surface area contributed by atoms with Crippen LogP contribution >= 0.6 is 0 Å². The van der Waals surface area contributed by atoms with E-state index in [-0.39, 0.29) is 11.9 Å². The summed E-state index contributed by atoms with van der Waals surface area (Å²) in [6.45, 7) is 8.06. The van der Waals surface area contributed by atoms with E-state index in [2.05, 4.69) is 19.1 Å². The fourth-order valence-electron chi connectivity index (χ4n) is 3.16. The van der Waals surface area contributed by atoms with Crippen molar-refractivity contribution in [1.82, 2.24) is 14.7 Å². The highest BCUT2D eigenvalue weighted by Gasteiger charge is 2.21. The zero-order valence-electron chi connectivity index (χ0n) is 17.8. The summed E-state index contributed by atoms with van der Waals surface area (Å²) < 4.78 is 8.11. The average Bonchev–Trinajstić information content (AvgIpc) is 3.01. The second kappa shape index (κ2) is 8.95. The maximum Gasteiger partial charge on any atom is 0.226 e. The molecule has 0 aliphatic carbocycles. The van der Waals surface area contributed by atoms with Crippen LogP contribution in [0.5, 0.6) is 11.6 Å². The molecule has 2 aromatic carbocycles. The van der Waals surface area contributed by atoms with Crippen molar-refractivity contribution in [3.8, 4) is 17.3 Å². The molecule has 0 atom stereocenters. The number of hydrogen-bond acceptors (Lipinski definition) is 3. The van der Waals surface area contributed by atoms with E-state index in [4.69, 9.17) is 9.84 Å². The van der Waals surface area contributed by atoms with Gasteiger partial charge in [-0.05, 0) is 63.9 Å². The zero-order valence-corrected chi connectivity index (χ0v) is 17.8. The van der Waals surface area contributed by atoms with Crippen LogP contribution in [-0.4, -0.2) is 33.7 Å². The summed E-state index contributed by atoms with van der Waals surface area (Å²) in [6.07, 6.45) is 0.996. The first kappa shape index (κ1) is 20.6. The molecular formula is C24H29N3O2. The Kier molecular flexibility index (Phi) is 6.37. The van der Waals surface area contributed by atoms with Gasteiger partial charge in [-0.2, -0.15) is 5.10 Å². The van der Waals surface area contributed by atoms with Crippen LogP contribution in [0.2, 0.25) is 0 Å². The molecule has 0 fully saturated rings. The van der Waals surface area contributed by atoms with Crippen LogP contribution in [0, 0.1) is 13.8 Å². The van der Waals surface area contributed by atoms with E-state index in [0.29, 0.717) is 18.7 Å². The number of carbonyl (C=O) groups excluding carboxylic acids is 1. The highest BCUT2D eigenvalue weighted by Crippen LogP contribution is 2.31. The summed E-state index contributed by atoms with van der Waals surface area (Å²) >= 11 is 0. The monoisotopic (exact) mass is 391 g/mol. The molecule has 3 aromatic rings. The zero-order chi connectivity index (χ0) is 21.0. The molecule has 1 aromatic heterocycles. The van der Waals surface area contributed by atoms with Crippen molar-refractivity contribution >= 4 is 5.91 Å². The summed E-state index contributed by atoms with van der Waals surface area (Å²) in [4.78, 5) is 14.3. The number of rotatable bonds is 7. The van der Waals surface area contributed by atoms with Gasteiger partial charge in [0.2, 0.25) is 11.8 Å². The number of aryl methyl sites for hydroxylation is 2. The molecule has 0 aliphatic heterocycles. The van der Waals surface area contributed by atoms with Gasteiger partial charge in [0.05, 0.1) is 11.4 Å². The number of carbonyl (C=O) groups is 1. The maximum absolute atomic E-state index is 12.5. The normalized spacial score (nSPS) is 11.0. The van der Waals surface area contributed by atoms with Crippen LogP contribution in [0.1, 0.15) is 37.1 Å². The molecule has 0 radical (unpaired) electrons. The summed E-state index contributed by atoms with van der Waals surface area (Å²) in [7, 11) is 1.84. The lowest BCUT2D eigenvalue weighted by atomic mass is 10.1. The molecule has 0 saturated carbocycles. The Morgan fingerprint density at radius 1 is 1.10 bits per heavy atom. The van der Waals surface area contributed by atoms with E-state index in [9.17, 15) is 4.79 Å². The van der Waals surface area contributed by atoms with Crippen LogP contribution in [0.15, 0.2) is 54.6 Å². The minimum atomic E-state index is 0.119. The van der Waals surface area contributed by atoms with Gasteiger partial charge in [0.15, 0.2) is 0 Å². The van der Waals surface area contributed by atoms with Crippen molar-refractivity contribution in [3.05, 3.63) is 71.4 Å². The van der Waals surface area contributed by atoms with Gasteiger partial charge < -0.3 is 9.64 Å². The van der Waals surface area contributed by atoms with Gasteiger partial charge in [-0.15, -0.1) is 0 Å². The number of amides is 1. The lowest BCUT2D eigenvalue weighted by Crippen LogP contribution is -2.33. The number of aromatic nitrogens is 2. The smallest absolute Gasteiger partial charge is 0.226 e. The minimum absolute atomic E-state index is 0.119. The van der Waals surface area contributed by atoms with E-state index >= 15 is 0 Å². The van der Waals surface area contributed by atoms with Crippen molar-refractivity contribution in [3.63, 3.8) is 0 Å². The van der Waals surface area contributed by atoms with Crippen molar-refractivity contribution in [2.24, 2.45) is 0 Å². The fourth-order valence-corrected chi connectivity index (χ4v) is 3.16.